The van der Waals surface area contributed by atoms with Crippen LogP contribution >= 0.6 is 11.8 Å². The molecule has 148 valence electrons. The van der Waals surface area contributed by atoms with Gasteiger partial charge in [0.05, 0.1) is 18.2 Å². The van der Waals surface area contributed by atoms with Gasteiger partial charge in [0.1, 0.15) is 0 Å². The first-order valence-electron chi connectivity index (χ1n) is 9.05. The number of ether oxygens (including phenoxy) is 1. The topological polar surface area (TPSA) is 85.2 Å². The second-order valence-corrected chi connectivity index (χ2v) is 7.56. The number of thioether (sulfide) groups is 1. The molecular formula is C20H24N4O3S. The van der Waals surface area contributed by atoms with Gasteiger partial charge < -0.3 is 19.9 Å². The van der Waals surface area contributed by atoms with Gasteiger partial charge in [-0.3, -0.25) is 0 Å². The predicted molar refractivity (Wildman–Crippen MR) is 108 cm³/mol. The van der Waals surface area contributed by atoms with Crippen molar-refractivity contribution in [3.8, 4) is 0 Å². The molecule has 0 unspecified atom stereocenters. The van der Waals surface area contributed by atoms with Crippen molar-refractivity contribution in [1.82, 2.24) is 20.2 Å². The third-order valence-electron chi connectivity index (χ3n) is 4.52. The van der Waals surface area contributed by atoms with Gasteiger partial charge >= 0.3 is 12.0 Å². The summed E-state index contributed by atoms with van der Waals surface area (Å²) in [7, 11) is 1.90. The van der Waals surface area contributed by atoms with Crippen molar-refractivity contribution in [2.75, 3.05) is 12.4 Å². The summed E-state index contributed by atoms with van der Waals surface area (Å²) in [5, 5.41) is 6.48. The molecule has 0 saturated heterocycles. The van der Waals surface area contributed by atoms with Crippen molar-refractivity contribution in [2.45, 2.75) is 32.0 Å². The SMILES string of the molecule is CCOC(=O)C1=C(CSc2nccn2C)NC(=O)N[C@@H]1c1cc(C)ccc1C. The fourth-order valence-corrected chi connectivity index (χ4v) is 4.01. The molecule has 0 fully saturated rings. The molecule has 7 nitrogen and oxygen atoms in total. The first kappa shape index (κ1) is 20.0. The monoisotopic (exact) mass is 400 g/mol. The van der Waals surface area contributed by atoms with E-state index in [2.05, 4.69) is 15.6 Å². The van der Waals surface area contributed by atoms with E-state index in [1.165, 1.54) is 11.8 Å². The summed E-state index contributed by atoms with van der Waals surface area (Å²) < 4.78 is 7.20. The number of amides is 2. The second-order valence-electron chi connectivity index (χ2n) is 6.61. The molecule has 2 aromatic rings. The molecule has 0 radical (unpaired) electrons. The van der Waals surface area contributed by atoms with Crippen molar-refractivity contribution in [3.63, 3.8) is 0 Å². The first-order valence-corrected chi connectivity index (χ1v) is 10.0. The highest BCUT2D eigenvalue weighted by Gasteiger charge is 2.34. The molecule has 2 amide bonds. The van der Waals surface area contributed by atoms with Crippen LogP contribution in [-0.2, 0) is 16.6 Å². The molecule has 0 bridgehead atoms. The maximum Gasteiger partial charge on any atom is 0.338 e. The van der Waals surface area contributed by atoms with Crippen LogP contribution in [-0.4, -0.2) is 33.9 Å². The van der Waals surface area contributed by atoms with Gasteiger partial charge in [0.25, 0.3) is 0 Å². The van der Waals surface area contributed by atoms with Gasteiger partial charge in [-0.2, -0.15) is 0 Å². The number of aryl methyl sites for hydroxylation is 3. The molecule has 1 aromatic heterocycles. The van der Waals surface area contributed by atoms with E-state index in [0.717, 1.165) is 21.8 Å². The Bertz CT molecular complexity index is 935. The maximum atomic E-state index is 12.8. The number of nitrogens with zero attached hydrogens (tertiary/aromatic N) is 2. The van der Waals surface area contributed by atoms with Crippen molar-refractivity contribution in [2.24, 2.45) is 7.05 Å². The Kier molecular flexibility index (Phi) is 6.08. The van der Waals surface area contributed by atoms with Crippen LogP contribution in [0.15, 0.2) is 47.0 Å². The van der Waals surface area contributed by atoms with Crippen molar-refractivity contribution < 1.29 is 14.3 Å². The Balaban J connectivity index is 2.03. The predicted octanol–water partition coefficient (Wildman–Crippen LogP) is 3.00. The number of benzene rings is 1. The number of hydrogen-bond acceptors (Lipinski definition) is 5. The van der Waals surface area contributed by atoms with E-state index in [1.54, 1.807) is 13.1 Å². The molecule has 0 spiro atoms. The van der Waals surface area contributed by atoms with Gasteiger partial charge in [-0.15, -0.1) is 0 Å². The third kappa shape index (κ3) is 4.22. The highest BCUT2D eigenvalue weighted by molar-refractivity contribution is 7.99. The fraction of sp³-hybridized carbons (Fsp3) is 0.350. The van der Waals surface area contributed by atoms with Gasteiger partial charge in [0.15, 0.2) is 5.16 Å². The smallest absolute Gasteiger partial charge is 0.338 e. The van der Waals surface area contributed by atoms with Crippen LogP contribution < -0.4 is 10.6 Å². The van der Waals surface area contributed by atoms with Crippen LogP contribution in [0.5, 0.6) is 0 Å². The summed E-state index contributed by atoms with van der Waals surface area (Å²) in [4.78, 5) is 29.5. The number of carbonyl (C=O) groups is 2. The Hall–Kier alpha value is -2.74. The molecule has 28 heavy (non-hydrogen) atoms. The Labute approximate surface area is 168 Å². The molecule has 2 heterocycles. The lowest BCUT2D eigenvalue weighted by Gasteiger charge is -2.30. The lowest BCUT2D eigenvalue weighted by Crippen LogP contribution is -2.46. The normalized spacial score (nSPS) is 16.6. The molecule has 1 aromatic carbocycles. The van der Waals surface area contributed by atoms with E-state index in [9.17, 15) is 9.59 Å². The molecule has 1 aliphatic heterocycles. The molecule has 1 aliphatic rings. The number of rotatable bonds is 6. The molecule has 8 heteroatoms. The van der Waals surface area contributed by atoms with Crippen LogP contribution in [0.25, 0.3) is 0 Å². The van der Waals surface area contributed by atoms with Gasteiger partial charge in [-0.1, -0.05) is 35.5 Å². The number of hydrogen-bond donors (Lipinski definition) is 2. The zero-order valence-electron chi connectivity index (χ0n) is 16.4. The van der Waals surface area contributed by atoms with Crippen LogP contribution in [0.3, 0.4) is 0 Å². The van der Waals surface area contributed by atoms with Crippen LogP contribution in [0.4, 0.5) is 4.79 Å². The number of urea groups is 1. The fourth-order valence-electron chi connectivity index (χ4n) is 3.11. The summed E-state index contributed by atoms with van der Waals surface area (Å²) in [5.41, 5.74) is 3.91. The zero-order chi connectivity index (χ0) is 20.3. The highest BCUT2D eigenvalue weighted by atomic mass is 32.2. The number of carbonyl (C=O) groups excluding carboxylic acids is 2. The summed E-state index contributed by atoms with van der Waals surface area (Å²) in [6, 6.07) is 5.09. The standard InChI is InChI=1S/C20H24N4O3S/c1-5-27-18(25)16-15(11-28-20-21-8-9-24(20)4)22-19(26)23-17(16)14-10-12(2)6-7-13(14)3/h6-10,17H,5,11H2,1-4H3,(H2,22,23,26)/t17-/m1/s1. The summed E-state index contributed by atoms with van der Waals surface area (Å²) in [5.74, 6) is -0.0373. The summed E-state index contributed by atoms with van der Waals surface area (Å²) in [6.45, 7) is 5.98. The average Bonchev–Trinajstić information content (AvgIpc) is 3.06. The lowest BCUT2D eigenvalue weighted by molar-refractivity contribution is -0.139. The minimum Gasteiger partial charge on any atom is -0.463 e. The molecular weight excluding hydrogens is 376 g/mol. The molecule has 0 saturated carbocycles. The van der Waals surface area contributed by atoms with Crippen LogP contribution in [0, 0.1) is 13.8 Å². The molecule has 0 aliphatic carbocycles. The minimum atomic E-state index is -0.565. The number of aromatic nitrogens is 2. The zero-order valence-corrected chi connectivity index (χ0v) is 17.2. The summed E-state index contributed by atoms with van der Waals surface area (Å²) in [6.07, 6.45) is 3.56. The van der Waals surface area contributed by atoms with E-state index in [4.69, 9.17) is 4.74 Å². The minimum absolute atomic E-state index is 0.260. The van der Waals surface area contributed by atoms with Gasteiger partial charge in [-0.25, -0.2) is 14.6 Å². The Morgan fingerprint density at radius 1 is 1.36 bits per heavy atom. The lowest BCUT2D eigenvalue weighted by atomic mass is 9.91. The average molecular weight is 401 g/mol. The summed E-state index contributed by atoms with van der Waals surface area (Å²) >= 11 is 1.45. The van der Waals surface area contributed by atoms with Gasteiger partial charge in [0.2, 0.25) is 0 Å². The van der Waals surface area contributed by atoms with Gasteiger partial charge in [-0.05, 0) is 31.9 Å². The van der Waals surface area contributed by atoms with Gasteiger partial charge in [0, 0.05) is 30.9 Å². The Morgan fingerprint density at radius 3 is 2.82 bits per heavy atom. The molecule has 3 rings (SSSR count). The van der Waals surface area contributed by atoms with E-state index in [1.807, 2.05) is 49.9 Å². The van der Waals surface area contributed by atoms with E-state index in [0.29, 0.717) is 17.0 Å². The second kappa shape index (κ2) is 8.52. The van der Waals surface area contributed by atoms with Crippen molar-refractivity contribution in [1.29, 1.82) is 0 Å². The highest BCUT2D eigenvalue weighted by Crippen LogP contribution is 2.32. The van der Waals surface area contributed by atoms with E-state index < -0.39 is 12.0 Å². The van der Waals surface area contributed by atoms with Crippen LogP contribution in [0.2, 0.25) is 0 Å². The van der Waals surface area contributed by atoms with E-state index >= 15 is 0 Å². The van der Waals surface area contributed by atoms with Crippen LogP contribution in [0.1, 0.15) is 29.7 Å². The van der Waals surface area contributed by atoms with E-state index in [-0.39, 0.29) is 12.6 Å². The number of imidazole rings is 1. The third-order valence-corrected chi connectivity index (χ3v) is 5.60. The largest absolute Gasteiger partial charge is 0.463 e. The number of esters is 1. The molecule has 2 N–H and O–H groups in total. The maximum absolute atomic E-state index is 12.8. The number of nitrogens with one attached hydrogen (secondary N) is 2. The Morgan fingerprint density at radius 2 is 2.14 bits per heavy atom. The quantitative estimate of drug-likeness (QED) is 0.575. The molecule has 1 atom stereocenters. The first-order chi connectivity index (χ1) is 13.4. The van der Waals surface area contributed by atoms with Crippen molar-refractivity contribution in [3.05, 3.63) is 58.6 Å². The van der Waals surface area contributed by atoms with Crippen molar-refractivity contribution >= 4 is 23.8 Å².